The number of carboxylic acid groups (broad SMARTS) is 1. The predicted octanol–water partition coefficient (Wildman–Crippen LogP) is 1.78. The van der Waals surface area contributed by atoms with Crippen LogP contribution >= 0.6 is 11.3 Å². The zero-order valence-corrected chi connectivity index (χ0v) is 8.87. The van der Waals surface area contributed by atoms with Crippen LogP contribution < -0.4 is 5.43 Å². The van der Waals surface area contributed by atoms with Gasteiger partial charge in [-0.05, 0) is 18.4 Å². The van der Waals surface area contributed by atoms with Gasteiger partial charge in [0, 0.05) is 12.7 Å². The summed E-state index contributed by atoms with van der Waals surface area (Å²) in [5.74, 6) is -1.17. The molecule has 0 bridgehead atoms. The number of thiophene rings is 1. The van der Waals surface area contributed by atoms with Crippen LogP contribution in [0, 0.1) is 0 Å². The quantitative estimate of drug-likeness (QED) is 0.844. The highest BCUT2D eigenvalue weighted by molar-refractivity contribution is 7.17. The Kier molecular flexibility index (Phi) is 2.32. The Bertz CT molecular complexity index is 582. The number of rotatable bonds is 2. The lowest BCUT2D eigenvalue weighted by Crippen LogP contribution is -2.17. The van der Waals surface area contributed by atoms with Gasteiger partial charge in [0.1, 0.15) is 5.56 Å². The fourth-order valence-corrected chi connectivity index (χ4v) is 2.37. The lowest BCUT2D eigenvalue weighted by atomic mass is 10.2. The normalized spacial score (nSPS) is 10.7. The standard InChI is InChI=1S/C10H9NO3S/c1-2-11-5-6(10(13)14)8(12)9-7(11)3-4-15-9/h3-5H,2H2,1H3,(H,13,14). The minimum Gasteiger partial charge on any atom is -0.477 e. The van der Waals surface area contributed by atoms with Crippen LogP contribution in [-0.4, -0.2) is 15.6 Å². The van der Waals surface area contributed by atoms with E-state index >= 15 is 0 Å². The van der Waals surface area contributed by atoms with Crippen LogP contribution in [0.5, 0.6) is 0 Å². The van der Waals surface area contributed by atoms with Crippen molar-refractivity contribution in [3.8, 4) is 0 Å². The molecule has 0 aromatic carbocycles. The number of pyridine rings is 1. The van der Waals surface area contributed by atoms with Crippen molar-refractivity contribution in [2.24, 2.45) is 0 Å². The smallest absolute Gasteiger partial charge is 0.341 e. The SMILES string of the molecule is CCn1cc(C(=O)O)c(=O)c2sccc21. The van der Waals surface area contributed by atoms with Gasteiger partial charge in [-0.15, -0.1) is 11.3 Å². The Hall–Kier alpha value is -1.62. The Morgan fingerprint density at radius 2 is 2.33 bits per heavy atom. The number of carboxylic acids is 1. The molecule has 0 spiro atoms. The van der Waals surface area contributed by atoms with Gasteiger partial charge in [-0.25, -0.2) is 4.79 Å². The lowest BCUT2D eigenvalue weighted by molar-refractivity contribution is 0.0695. The summed E-state index contributed by atoms with van der Waals surface area (Å²) < 4.78 is 2.29. The van der Waals surface area contributed by atoms with Crippen molar-refractivity contribution >= 4 is 27.5 Å². The van der Waals surface area contributed by atoms with Gasteiger partial charge in [-0.1, -0.05) is 0 Å². The maximum Gasteiger partial charge on any atom is 0.341 e. The number of hydrogen-bond donors (Lipinski definition) is 1. The third-order valence-electron chi connectivity index (χ3n) is 2.26. The molecule has 5 heteroatoms. The molecule has 4 nitrogen and oxygen atoms in total. The zero-order chi connectivity index (χ0) is 11.0. The van der Waals surface area contributed by atoms with E-state index in [1.54, 1.807) is 9.95 Å². The van der Waals surface area contributed by atoms with Gasteiger partial charge in [0.25, 0.3) is 0 Å². The second kappa shape index (κ2) is 3.51. The number of carbonyl (C=O) groups is 1. The van der Waals surface area contributed by atoms with E-state index in [0.717, 1.165) is 5.52 Å². The van der Waals surface area contributed by atoms with Crippen LogP contribution in [0.3, 0.4) is 0 Å². The van der Waals surface area contributed by atoms with Crippen molar-refractivity contribution in [3.05, 3.63) is 33.4 Å². The number of aryl methyl sites for hydroxylation is 1. The van der Waals surface area contributed by atoms with Crippen LogP contribution in [-0.2, 0) is 6.54 Å². The van der Waals surface area contributed by atoms with Gasteiger partial charge in [-0.2, -0.15) is 0 Å². The highest BCUT2D eigenvalue weighted by atomic mass is 32.1. The summed E-state index contributed by atoms with van der Waals surface area (Å²) in [5.41, 5.74) is 0.251. The van der Waals surface area contributed by atoms with E-state index in [4.69, 9.17) is 5.11 Å². The Morgan fingerprint density at radius 1 is 1.60 bits per heavy atom. The molecule has 0 saturated heterocycles. The van der Waals surface area contributed by atoms with Crippen molar-refractivity contribution in [3.63, 3.8) is 0 Å². The van der Waals surface area contributed by atoms with E-state index in [1.807, 2.05) is 13.0 Å². The second-order valence-electron chi connectivity index (χ2n) is 3.10. The monoisotopic (exact) mass is 223 g/mol. The van der Waals surface area contributed by atoms with Crippen molar-refractivity contribution in [1.82, 2.24) is 4.57 Å². The molecule has 0 aliphatic rings. The molecule has 0 aliphatic carbocycles. The van der Waals surface area contributed by atoms with E-state index in [1.165, 1.54) is 17.5 Å². The van der Waals surface area contributed by atoms with E-state index in [0.29, 0.717) is 11.2 Å². The predicted molar refractivity (Wildman–Crippen MR) is 58.7 cm³/mol. The average Bonchev–Trinajstić information content (AvgIpc) is 2.67. The van der Waals surface area contributed by atoms with Crippen LogP contribution in [0.15, 0.2) is 22.4 Å². The van der Waals surface area contributed by atoms with Crippen molar-refractivity contribution in [2.75, 3.05) is 0 Å². The molecular weight excluding hydrogens is 214 g/mol. The molecule has 0 saturated carbocycles. The summed E-state index contributed by atoms with van der Waals surface area (Å²) in [6, 6.07) is 1.83. The maximum absolute atomic E-state index is 11.7. The van der Waals surface area contributed by atoms with E-state index in [2.05, 4.69) is 0 Å². The highest BCUT2D eigenvalue weighted by Gasteiger charge is 2.14. The lowest BCUT2D eigenvalue weighted by Gasteiger charge is -2.05. The summed E-state index contributed by atoms with van der Waals surface area (Å²) in [6.07, 6.45) is 1.40. The van der Waals surface area contributed by atoms with Gasteiger partial charge in [0.05, 0.1) is 10.2 Å². The summed E-state index contributed by atoms with van der Waals surface area (Å²) in [7, 11) is 0. The summed E-state index contributed by atoms with van der Waals surface area (Å²) in [5, 5.41) is 10.7. The molecular formula is C10H9NO3S. The van der Waals surface area contributed by atoms with Gasteiger partial charge in [0.15, 0.2) is 0 Å². The summed E-state index contributed by atoms with van der Waals surface area (Å²) in [4.78, 5) is 22.6. The molecule has 0 atom stereocenters. The molecule has 15 heavy (non-hydrogen) atoms. The molecule has 0 unspecified atom stereocenters. The van der Waals surface area contributed by atoms with E-state index in [9.17, 15) is 9.59 Å². The fourth-order valence-electron chi connectivity index (χ4n) is 1.52. The minimum atomic E-state index is -1.17. The minimum absolute atomic E-state index is 0.160. The number of aromatic carboxylic acids is 1. The van der Waals surface area contributed by atoms with Crippen molar-refractivity contribution in [1.29, 1.82) is 0 Å². The largest absolute Gasteiger partial charge is 0.477 e. The summed E-state index contributed by atoms with van der Waals surface area (Å²) >= 11 is 1.28. The van der Waals surface area contributed by atoms with Crippen LogP contribution in [0.25, 0.3) is 10.2 Å². The molecule has 0 fully saturated rings. The third-order valence-corrected chi connectivity index (χ3v) is 3.16. The molecule has 2 aromatic heterocycles. The highest BCUT2D eigenvalue weighted by Crippen LogP contribution is 2.17. The topological polar surface area (TPSA) is 59.3 Å². The van der Waals surface area contributed by atoms with Crippen molar-refractivity contribution < 1.29 is 9.90 Å². The van der Waals surface area contributed by atoms with Gasteiger partial charge in [-0.3, -0.25) is 4.79 Å². The Labute approximate surface area is 89.4 Å². The number of hydrogen-bond acceptors (Lipinski definition) is 3. The Balaban J connectivity index is 2.91. The first-order chi connectivity index (χ1) is 7.15. The second-order valence-corrected chi connectivity index (χ2v) is 4.01. The first-order valence-electron chi connectivity index (χ1n) is 4.49. The molecule has 0 amide bonds. The molecule has 2 aromatic rings. The Morgan fingerprint density at radius 3 is 2.93 bits per heavy atom. The fraction of sp³-hybridized carbons (Fsp3) is 0.200. The summed E-state index contributed by atoms with van der Waals surface area (Å²) in [6.45, 7) is 2.56. The molecule has 1 N–H and O–H groups in total. The number of nitrogens with zero attached hydrogens (tertiary/aromatic N) is 1. The van der Waals surface area contributed by atoms with Crippen LogP contribution in [0.1, 0.15) is 17.3 Å². The first kappa shape index (κ1) is 9.92. The van der Waals surface area contributed by atoms with E-state index < -0.39 is 11.4 Å². The van der Waals surface area contributed by atoms with Gasteiger partial charge >= 0.3 is 5.97 Å². The molecule has 0 radical (unpaired) electrons. The van der Waals surface area contributed by atoms with Gasteiger partial charge in [0.2, 0.25) is 5.43 Å². The third kappa shape index (κ3) is 1.45. The average molecular weight is 223 g/mol. The van der Waals surface area contributed by atoms with E-state index in [-0.39, 0.29) is 5.56 Å². The number of aromatic nitrogens is 1. The van der Waals surface area contributed by atoms with Crippen LogP contribution in [0.2, 0.25) is 0 Å². The zero-order valence-electron chi connectivity index (χ0n) is 8.06. The molecule has 2 heterocycles. The molecule has 2 rings (SSSR count). The van der Waals surface area contributed by atoms with Crippen LogP contribution in [0.4, 0.5) is 0 Å². The van der Waals surface area contributed by atoms with Gasteiger partial charge < -0.3 is 9.67 Å². The number of fused-ring (bicyclic) bond motifs is 1. The van der Waals surface area contributed by atoms with Crippen molar-refractivity contribution in [2.45, 2.75) is 13.5 Å². The first-order valence-corrected chi connectivity index (χ1v) is 5.37. The molecule has 78 valence electrons. The molecule has 0 aliphatic heterocycles. The maximum atomic E-state index is 11.7.